The zero-order valence-corrected chi connectivity index (χ0v) is 14.4. The molecule has 2 amide bonds. The van der Waals surface area contributed by atoms with E-state index in [9.17, 15) is 9.59 Å². The van der Waals surface area contributed by atoms with Gasteiger partial charge in [0, 0.05) is 6.42 Å². The van der Waals surface area contributed by atoms with Gasteiger partial charge in [-0.1, -0.05) is 0 Å². The average molecular weight is 349 g/mol. The largest absolute Gasteiger partial charge is 0.462 e. The number of aryl methyl sites for hydroxylation is 2. The lowest BCUT2D eigenvalue weighted by molar-refractivity contribution is 0.0531. The van der Waals surface area contributed by atoms with Crippen LogP contribution < -0.4 is 10.6 Å². The van der Waals surface area contributed by atoms with Crippen molar-refractivity contribution in [3.63, 3.8) is 0 Å². The summed E-state index contributed by atoms with van der Waals surface area (Å²) in [6.07, 6.45) is 3.14. The van der Waals surface area contributed by atoms with E-state index in [0.717, 1.165) is 24.2 Å². The molecule has 128 valence electrons. The zero-order valence-electron chi connectivity index (χ0n) is 13.5. The van der Waals surface area contributed by atoms with Crippen LogP contribution in [0.1, 0.15) is 34.4 Å². The van der Waals surface area contributed by atoms with E-state index in [0.29, 0.717) is 23.0 Å². The molecule has 0 spiro atoms. The Kier molecular flexibility index (Phi) is 4.79. The summed E-state index contributed by atoms with van der Waals surface area (Å²) in [7, 11) is 0. The minimum absolute atomic E-state index is 0.00443. The molecule has 0 unspecified atom stereocenters. The highest BCUT2D eigenvalue weighted by molar-refractivity contribution is 7.18. The van der Waals surface area contributed by atoms with Crippen LogP contribution in [-0.2, 0) is 17.7 Å². The first-order chi connectivity index (χ1) is 11.6. The van der Waals surface area contributed by atoms with E-state index in [2.05, 4.69) is 20.7 Å². The molecule has 0 aliphatic carbocycles. The van der Waals surface area contributed by atoms with Gasteiger partial charge in [0.25, 0.3) is 0 Å². The van der Waals surface area contributed by atoms with Gasteiger partial charge < -0.3 is 10.1 Å². The first kappa shape index (κ1) is 16.4. The second-order valence-corrected chi connectivity index (χ2v) is 6.59. The summed E-state index contributed by atoms with van der Waals surface area (Å²) < 4.78 is 6.81. The van der Waals surface area contributed by atoms with Crippen molar-refractivity contribution in [2.24, 2.45) is 0 Å². The summed E-state index contributed by atoms with van der Waals surface area (Å²) in [5.41, 5.74) is 0.790. The van der Waals surface area contributed by atoms with Gasteiger partial charge in [0.05, 0.1) is 24.2 Å². The van der Waals surface area contributed by atoms with Crippen molar-refractivity contribution in [2.75, 3.05) is 11.9 Å². The van der Waals surface area contributed by atoms with E-state index in [1.54, 1.807) is 13.0 Å². The summed E-state index contributed by atoms with van der Waals surface area (Å²) in [5.74, 6) is 0.584. The van der Waals surface area contributed by atoms with Crippen LogP contribution in [0, 0.1) is 6.92 Å². The number of hydrogen-bond donors (Lipinski definition) is 2. The normalized spacial score (nSPS) is 16.3. The number of anilines is 1. The SMILES string of the molecule is CCOC(=O)c1sc(NC(=O)N[C@@H]2CCc3ncnn3C2)cc1C. The Morgan fingerprint density at radius 2 is 2.33 bits per heavy atom. The number of carbonyl (C=O) groups is 2. The highest BCUT2D eigenvalue weighted by Gasteiger charge is 2.22. The second kappa shape index (κ2) is 7.00. The third kappa shape index (κ3) is 3.56. The van der Waals surface area contributed by atoms with Gasteiger partial charge in [-0.15, -0.1) is 11.3 Å². The van der Waals surface area contributed by atoms with Crippen LogP contribution in [0.2, 0.25) is 0 Å². The molecular weight excluding hydrogens is 330 g/mol. The molecule has 3 heterocycles. The van der Waals surface area contributed by atoms with E-state index >= 15 is 0 Å². The van der Waals surface area contributed by atoms with E-state index in [-0.39, 0.29) is 18.0 Å². The maximum atomic E-state index is 12.2. The van der Waals surface area contributed by atoms with Crippen molar-refractivity contribution in [3.8, 4) is 0 Å². The van der Waals surface area contributed by atoms with Crippen LogP contribution in [0.15, 0.2) is 12.4 Å². The number of fused-ring (bicyclic) bond motifs is 1. The highest BCUT2D eigenvalue weighted by Crippen LogP contribution is 2.27. The molecule has 2 aromatic rings. The molecule has 24 heavy (non-hydrogen) atoms. The first-order valence-electron chi connectivity index (χ1n) is 7.78. The van der Waals surface area contributed by atoms with E-state index in [1.807, 2.05) is 11.6 Å². The van der Waals surface area contributed by atoms with Crippen LogP contribution in [0.25, 0.3) is 0 Å². The highest BCUT2D eigenvalue weighted by atomic mass is 32.1. The van der Waals surface area contributed by atoms with Crippen molar-refractivity contribution >= 4 is 28.3 Å². The summed E-state index contributed by atoms with van der Waals surface area (Å²) in [6, 6.07) is 1.48. The first-order valence-corrected chi connectivity index (χ1v) is 8.60. The van der Waals surface area contributed by atoms with Gasteiger partial charge in [-0.05, 0) is 31.9 Å². The van der Waals surface area contributed by atoms with Gasteiger partial charge in [0.1, 0.15) is 17.0 Å². The molecule has 0 saturated carbocycles. The predicted molar refractivity (Wildman–Crippen MR) is 89.3 cm³/mol. The predicted octanol–water partition coefficient (Wildman–Crippen LogP) is 1.96. The van der Waals surface area contributed by atoms with Crippen molar-refractivity contribution < 1.29 is 14.3 Å². The summed E-state index contributed by atoms with van der Waals surface area (Å²) in [5, 5.41) is 10.5. The van der Waals surface area contributed by atoms with Crippen LogP contribution in [0.5, 0.6) is 0 Å². The fraction of sp³-hybridized carbons (Fsp3) is 0.467. The second-order valence-electron chi connectivity index (χ2n) is 5.54. The molecule has 2 aromatic heterocycles. The molecule has 3 rings (SSSR count). The van der Waals surface area contributed by atoms with Gasteiger partial charge in [-0.25, -0.2) is 19.3 Å². The number of carbonyl (C=O) groups excluding carboxylic acids is 2. The molecule has 0 bridgehead atoms. The average Bonchev–Trinajstić information content (AvgIpc) is 3.13. The summed E-state index contributed by atoms with van der Waals surface area (Å²) in [6.45, 7) is 4.52. The number of nitrogens with zero attached hydrogens (tertiary/aromatic N) is 3. The number of rotatable bonds is 4. The van der Waals surface area contributed by atoms with Crippen molar-refractivity contribution in [1.29, 1.82) is 0 Å². The standard InChI is InChI=1S/C15H19N5O3S/c1-3-23-14(21)13-9(2)6-12(24-13)19-15(22)18-10-4-5-11-16-8-17-20(11)7-10/h6,8,10H,3-5,7H2,1-2H3,(H2,18,19,22)/t10-/m1/s1. The number of urea groups is 1. The molecule has 1 aliphatic heterocycles. The lowest BCUT2D eigenvalue weighted by Crippen LogP contribution is -2.43. The number of aromatic nitrogens is 3. The molecule has 1 aliphatic rings. The Labute approximate surface area is 143 Å². The Morgan fingerprint density at radius 3 is 3.12 bits per heavy atom. The van der Waals surface area contributed by atoms with Crippen LogP contribution in [-0.4, -0.2) is 39.4 Å². The summed E-state index contributed by atoms with van der Waals surface area (Å²) >= 11 is 1.21. The molecule has 8 nitrogen and oxygen atoms in total. The van der Waals surface area contributed by atoms with Crippen LogP contribution >= 0.6 is 11.3 Å². The maximum Gasteiger partial charge on any atom is 0.348 e. The van der Waals surface area contributed by atoms with Crippen molar-refractivity contribution in [3.05, 3.63) is 28.7 Å². The third-order valence-corrected chi connectivity index (χ3v) is 4.89. The molecule has 0 aromatic carbocycles. The fourth-order valence-electron chi connectivity index (χ4n) is 2.63. The molecule has 0 radical (unpaired) electrons. The number of esters is 1. The number of hydrogen-bond acceptors (Lipinski definition) is 6. The molecular formula is C15H19N5O3S. The smallest absolute Gasteiger partial charge is 0.348 e. The van der Waals surface area contributed by atoms with Crippen molar-refractivity contribution in [1.82, 2.24) is 20.1 Å². The van der Waals surface area contributed by atoms with Gasteiger partial charge in [-0.3, -0.25) is 5.32 Å². The lowest BCUT2D eigenvalue weighted by atomic mass is 10.1. The van der Waals surface area contributed by atoms with Crippen LogP contribution in [0.4, 0.5) is 9.80 Å². The lowest BCUT2D eigenvalue weighted by Gasteiger charge is -2.23. The fourth-order valence-corrected chi connectivity index (χ4v) is 3.59. The third-order valence-electron chi connectivity index (χ3n) is 3.76. The number of thiophene rings is 1. The van der Waals surface area contributed by atoms with E-state index < -0.39 is 0 Å². The van der Waals surface area contributed by atoms with Crippen LogP contribution in [0.3, 0.4) is 0 Å². The molecule has 0 fully saturated rings. The Balaban J connectivity index is 1.58. The Hall–Kier alpha value is -2.42. The maximum absolute atomic E-state index is 12.2. The van der Waals surface area contributed by atoms with Gasteiger partial charge in [0.15, 0.2) is 0 Å². The quantitative estimate of drug-likeness (QED) is 0.822. The molecule has 1 atom stereocenters. The van der Waals surface area contributed by atoms with E-state index in [1.165, 1.54) is 17.7 Å². The van der Waals surface area contributed by atoms with Crippen molar-refractivity contribution in [2.45, 2.75) is 39.3 Å². The number of nitrogens with one attached hydrogen (secondary N) is 2. The van der Waals surface area contributed by atoms with E-state index in [4.69, 9.17) is 4.74 Å². The summed E-state index contributed by atoms with van der Waals surface area (Å²) in [4.78, 5) is 28.7. The number of ether oxygens (including phenoxy) is 1. The zero-order chi connectivity index (χ0) is 17.1. The minimum Gasteiger partial charge on any atom is -0.462 e. The number of amides is 2. The molecule has 2 N–H and O–H groups in total. The monoisotopic (exact) mass is 349 g/mol. The van der Waals surface area contributed by atoms with Gasteiger partial charge >= 0.3 is 12.0 Å². The van der Waals surface area contributed by atoms with Gasteiger partial charge in [0.2, 0.25) is 0 Å². The topological polar surface area (TPSA) is 98.1 Å². The van der Waals surface area contributed by atoms with Gasteiger partial charge in [-0.2, -0.15) is 5.10 Å². The minimum atomic E-state index is -0.362. The Bertz CT molecular complexity index is 754. The Morgan fingerprint density at radius 1 is 1.50 bits per heavy atom. The molecule has 0 saturated heterocycles. The molecule has 9 heteroatoms.